The lowest BCUT2D eigenvalue weighted by atomic mass is 9.80. The van der Waals surface area contributed by atoms with Crippen molar-refractivity contribution in [3.63, 3.8) is 0 Å². The van der Waals surface area contributed by atoms with Crippen LogP contribution in [-0.2, 0) is 9.53 Å². The average molecular weight is 266 g/mol. The largest absolute Gasteiger partial charge is 0.378 e. The van der Waals surface area contributed by atoms with E-state index in [0.717, 1.165) is 38.7 Å². The normalized spacial score (nSPS) is 19.1. The van der Waals surface area contributed by atoms with Crippen LogP contribution in [0.3, 0.4) is 0 Å². The monoisotopic (exact) mass is 266 g/mol. The van der Waals surface area contributed by atoms with Gasteiger partial charge in [-0.05, 0) is 32.1 Å². The fraction of sp³-hybridized carbons (Fsp3) is 0.867. The molecule has 1 atom stereocenters. The molecule has 0 aliphatic carbocycles. The van der Waals surface area contributed by atoms with Crippen LogP contribution < -0.4 is 5.32 Å². The third kappa shape index (κ3) is 4.50. The van der Waals surface area contributed by atoms with E-state index in [1.807, 2.05) is 13.8 Å². The molecule has 108 valence electrons. The van der Waals surface area contributed by atoms with Gasteiger partial charge in [0.25, 0.3) is 0 Å². The molecule has 1 fully saturated rings. The van der Waals surface area contributed by atoms with Crippen LogP contribution in [0.25, 0.3) is 0 Å². The molecule has 0 saturated carbocycles. The van der Waals surface area contributed by atoms with E-state index in [0.29, 0.717) is 19.4 Å². The van der Waals surface area contributed by atoms with Crippen LogP contribution in [0.4, 0.5) is 0 Å². The summed E-state index contributed by atoms with van der Waals surface area (Å²) in [6.07, 6.45) is 6.33. The molecule has 0 aromatic heterocycles. The van der Waals surface area contributed by atoms with Gasteiger partial charge >= 0.3 is 0 Å². The molecule has 19 heavy (non-hydrogen) atoms. The van der Waals surface area contributed by atoms with Crippen molar-refractivity contribution in [2.24, 2.45) is 5.41 Å². The van der Waals surface area contributed by atoms with Gasteiger partial charge in [0.15, 0.2) is 0 Å². The summed E-state index contributed by atoms with van der Waals surface area (Å²) >= 11 is 0. The zero-order valence-corrected chi connectivity index (χ0v) is 12.2. The maximum absolute atomic E-state index is 12.3. The summed E-state index contributed by atoms with van der Waals surface area (Å²) in [6.45, 7) is 5.48. The Hall–Kier alpha value is -1.08. The lowest BCUT2D eigenvalue weighted by Crippen LogP contribution is -2.41. The second kappa shape index (κ2) is 8.16. The molecule has 0 radical (unpaired) electrons. The number of amides is 1. The highest BCUT2D eigenvalue weighted by Crippen LogP contribution is 2.29. The lowest BCUT2D eigenvalue weighted by molar-refractivity contribution is -0.129. The first-order chi connectivity index (χ1) is 9.18. The molecule has 1 saturated heterocycles. The van der Waals surface area contributed by atoms with Gasteiger partial charge in [-0.2, -0.15) is 5.26 Å². The Bertz CT molecular complexity index is 311. The second-order valence-electron chi connectivity index (χ2n) is 5.37. The van der Waals surface area contributed by atoms with Crippen molar-refractivity contribution in [1.29, 1.82) is 5.26 Å². The topological polar surface area (TPSA) is 62.1 Å². The molecule has 0 aromatic carbocycles. The van der Waals surface area contributed by atoms with Gasteiger partial charge in [-0.1, -0.05) is 26.7 Å². The van der Waals surface area contributed by atoms with Crippen molar-refractivity contribution in [1.82, 2.24) is 5.32 Å². The molecule has 1 aliphatic heterocycles. The number of hydrogen-bond donors (Lipinski definition) is 1. The predicted molar refractivity (Wildman–Crippen MR) is 74.5 cm³/mol. The first-order valence-corrected chi connectivity index (χ1v) is 7.49. The van der Waals surface area contributed by atoms with Crippen LogP contribution in [0, 0.1) is 16.7 Å². The highest BCUT2D eigenvalue weighted by Gasteiger charge is 2.36. The van der Waals surface area contributed by atoms with E-state index in [2.05, 4.69) is 11.4 Å². The highest BCUT2D eigenvalue weighted by molar-refractivity contribution is 5.85. The molecule has 0 bridgehead atoms. The molecule has 1 unspecified atom stereocenters. The zero-order valence-electron chi connectivity index (χ0n) is 12.2. The second-order valence-corrected chi connectivity index (χ2v) is 5.37. The van der Waals surface area contributed by atoms with Crippen LogP contribution in [0.15, 0.2) is 0 Å². The fourth-order valence-corrected chi connectivity index (χ4v) is 2.76. The van der Waals surface area contributed by atoms with Crippen molar-refractivity contribution in [2.45, 2.75) is 64.9 Å². The summed E-state index contributed by atoms with van der Waals surface area (Å²) in [6, 6.07) is 2.25. The predicted octanol–water partition coefficient (Wildman–Crippen LogP) is 2.78. The Kier molecular flexibility index (Phi) is 6.86. The molecular weight excluding hydrogens is 240 g/mol. The van der Waals surface area contributed by atoms with Gasteiger partial charge in [-0.25, -0.2) is 0 Å². The van der Waals surface area contributed by atoms with Crippen molar-refractivity contribution >= 4 is 5.91 Å². The van der Waals surface area contributed by atoms with Crippen LogP contribution in [0.2, 0.25) is 0 Å². The quantitative estimate of drug-likeness (QED) is 0.734. The van der Waals surface area contributed by atoms with Gasteiger partial charge in [0.05, 0.1) is 12.2 Å². The van der Waals surface area contributed by atoms with Crippen LogP contribution in [0.1, 0.15) is 58.8 Å². The van der Waals surface area contributed by atoms with Crippen LogP contribution in [-0.4, -0.2) is 25.2 Å². The number of carbonyl (C=O) groups is 1. The van der Waals surface area contributed by atoms with Gasteiger partial charge in [0.1, 0.15) is 5.41 Å². The average Bonchev–Trinajstić information content (AvgIpc) is 2.91. The van der Waals surface area contributed by atoms with Gasteiger partial charge in [0.2, 0.25) is 5.91 Å². The van der Waals surface area contributed by atoms with Gasteiger partial charge in [-0.3, -0.25) is 4.79 Å². The first-order valence-electron chi connectivity index (χ1n) is 7.49. The Morgan fingerprint density at radius 1 is 1.42 bits per heavy atom. The summed E-state index contributed by atoms with van der Waals surface area (Å²) in [5.74, 6) is -0.100. The number of nitrogens with zero attached hydrogens (tertiary/aromatic N) is 1. The van der Waals surface area contributed by atoms with E-state index in [1.165, 1.54) is 0 Å². The highest BCUT2D eigenvalue weighted by atomic mass is 16.5. The molecule has 1 N–H and O–H groups in total. The summed E-state index contributed by atoms with van der Waals surface area (Å²) in [5, 5.41) is 12.3. The maximum Gasteiger partial charge on any atom is 0.240 e. The lowest BCUT2D eigenvalue weighted by Gasteiger charge is -2.24. The SMILES string of the molecule is CCCC(C#N)(CCC)C(=O)NCCC1CCCO1. The molecule has 4 heteroatoms. The number of rotatable bonds is 8. The molecule has 0 spiro atoms. The molecule has 1 heterocycles. The minimum atomic E-state index is -0.833. The Balaban J connectivity index is 2.44. The zero-order chi connectivity index (χ0) is 14.1. The molecule has 1 amide bonds. The van der Waals surface area contributed by atoms with E-state index in [4.69, 9.17) is 4.74 Å². The maximum atomic E-state index is 12.3. The molecule has 4 nitrogen and oxygen atoms in total. The minimum Gasteiger partial charge on any atom is -0.378 e. The number of carbonyl (C=O) groups excluding carboxylic acids is 1. The van der Waals surface area contributed by atoms with E-state index in [9.17, 15) is 10.1 Å². The molecule has 1 rings (SSSR count). The minimum absolute atomic E-state index is 0.100. The summed E-state index contributed by atoms with van der Waals surface area (Å²) in [4.78, 5) is 12.3. The standard InChI is InChI=1S/C15H26N2O2/c1-3-8-15(12-16,9-4-2)14(18)17-10-7-13-6-5-11-19-13/h13H,3-11H2,1-2H3,(H,17,18). The van der Waals surface area contributed by atoms with Crippen molar-refractivity contribution in [2.75, 3.05) is 13.2 Å². The van der Waals surface area contributed by atoms with Crippen molar-refractivity contribution < 1.29 is 9.53 Å². The third-order valence-electron chi connectivity index (χ3n) is 3.78. The Morgan fingerprint density at radius 3 is 2.58 bits per heavy atom. The van der Waals surface area contributed by atoms with E-state index in [-0.39, 0.29) is 12.0 Å². The van der Waals surface area contributed by atoms with E-state index in [1.54, 1.807) is 0 Å². The summed E-state index contributed by atoms with van der Waals surface area (Å²) in [5.41, 5.74) is -0.833. The van der Waals surface area contributed by atoms with Crippen molar-refractivity contribution in [3.05, 3.63) is 0 Å². The van der Waals surface area contributed by atoms with E-state index >= 15 is 0 Å². The van der Waals surface area contributed by atoms with Gasteiger partial charge in [-0.15, -0.1) is 0 Å². The van der Waals surface area contributed by atoms with Crippen LogP contribution in [0.5, 0.6) is 0 Å². The number of nitrogens with one attached hydrogen (secondary N) is 1. The third-order valence-corrected chi connectivity index (χ3v) is 3.78. The number of hydrogen-bond acceptors (Lipinski definition) is 3. The van der Waals surface area contributed by atoms with Crippen LogP contribution >= 0.6 is 0 Å². The van der Waals surface area contributed by atoms with Gasteiger partial charge in [0, 0.05) is 13.2 Å². The molecule has 0 aromatic rings. The van der Waals surface area contributed by atoms with E-state index < -0.39 is 5.41 Å². The summed E-state index contributed by atoms with van der Waals surface area (Å²) in [7, 11) is 0. The van der Waals surface area contributed by atoms with Gasteiger partial charge < -0.3 is 10.1 Å². The number of ether oxygens (including phenoxy) is 1. The molecular formula is C15H26N2O2. The Morgan fingerprint density at radius 2 is 2.11 bits per heavy atom. The Labute approximate surface area is 116 Å². The molecule has 1 aliphatic rings. The fourth-order valence-electron chi connectivity index (χ4n) is 2.76. The first kappa shape index (κ1) is 16.0. The van der Waals surface area contributed by atoms with Crippen molar-refractivity contribution in [3.8, 4) is 6.07 Å². The number of nitriles is 1. The summed E-state index contributed by atoms with van der Waals surface area (Å²) < 4.78 is 5.53. The smallest absolute Gasteiger partial charge is 0.240 e.